The molecule has 0 bridgehead atoms. The molecule has 1 aromatic rings. The maximum Gasteiger partial charge on any atom is 0.387 e. The molecular weight excluding hydrogens is 354 g/mol. The molecule has 8 heteroatoms. The van der Waals surface area contributed by atoms with E-state index >= 15 is 0 Å². The summed E-state index contributed by atoms with van der Waals surface area (Å²) in [6, 6.07) is 4.73. The molecule has 1 aromatic carbocycles. The van der Waals surface area contributed by atoms with E-state index in [-0.39, 0.29) is 12.3 Å². The number of ether oxygens (including phenoxy) is 2. The lowest BCUT2D eigenvalue weighted by Gasteiger charge is -2.26. The summed E-state index contributed by atoms with van der Waals surface area (Å²) in [5.74, 6) is 1.34. The number of benzene rings is 1. The Morgan fingerprint density at radius 3 is 2.67 bits per heavy atom. The first-order valence-electron chi connectivity index (χ1n) is 9.48. The Bertz CT molecular complexity index is 593. The average molecular weight is 384 g/mol. The number of likely N-dealkylation sites (tertiary alicyclic amines) is 1. The topological polar surface area (TPSA) is 58.1 Å². The predicted octanol–water partition coefficient (Wildman–Crippen LogP) is 2.84. The average Bonchev–Trinajstić information content (AvgIpc) is 2.67. The van der Waals surface area contributed by atoms with Crippen LogP contribution in [0.25, 0.3) is 0 Å². The lowest BCUT2D eigenvalue weighted by atomic mass is 10.1. The number of alkyl halides is 2. The van der Waals surface area contributed by atoms with Crippen molar-refractivity contribution < 1.29 is 18.3 Å². The monoisotopic (exact) mass is 384 g/mol. The zero-order valence-electron chi connectivity index (χ0n) is 16.1. The first kappa shape index (κ1) is 21.2. The molecule has 1 aliphatic rings. The number of methoxy groups -OCH3 is 1. The van der Waals surface area contributed by atoms with Gasteiger partial charge in [0.2, 0.25) is 0 Å². The van der Waals surface area contributed by atoms with Crippen molar-refractivity contribution in [3.8, 4) is 11.5 Å². The van der Waals surface area contributed by atoms with Gasteiger partial charge in [0, 0.05) is 25.2 Å². The third-order valence-corrected chi connectivity index (χ3v) is 4.40. The number of aliphatic imine (C=N–C) groups is 1. The van der Waals surface area contributed by atoms with Crippen LogP contribution in [0.4, 0.5) is 8.78 Å². The molecule has 0 unspecified atom stereocenters. The van der Waals surface area contributed by atoms with Crippen LogP contribution in [0.1, 0.15) is 31.7 Å². The minimum atomic E-state index is -2.88. The molecule has 0 aromatic heterocycles. The summed E-state index contributed by atoms with van der Waals surface area (Å²) in [5.41, 5.74) is 0.544. The third-order valence-electron chi connectivity index (χ3n) is 4.40. The van der Waals surface area contributed by atoms with Crippen LogP contribution < -0.4 is 20.1 Å². The normalized spacial score (nSPS) is 15.7. The second-order valence-electron chi connectivity index (χ2n) is 6.38. The van der Waals surface area contributed by atoms with E-state index in [1.54, 1.807) is 12.1 Å². The van der Waals surface area contributed by atoms with Crippen LogP contribution >= 0.6 is 0 Å². The number of rotatable bonds is 9. The zero-order chi connectivity index (χ0) is 19.5. The zero-order valence-corrected chi connectivity index (χ0v) is 16.1. The number of halogens is 2. The summed E-state index contributed by atoms with van der Waals surface area (Å²) in [4.78, 5) is 6.95. The highest BCUT2D eigenvalue weighted by Gasteiger charge is 2.12. The van der Waals surface area contributed by atoms with Gasteiger partial charge in [0.05, 0.1) is 13.7 Å². The first-order valence-corrected chi connectivity index (χ1v) is 9.48. The number of hydrogen-bond acceptors (Lipinski definition) is 4. The fourth-order valence-electron chi connectivity index (χ4n) is 3.04. The van der Waals surface area contributed by atoms with Crippen molar-refractivity contribution in [3.63, 3.8) is 0 Å². The quantitative estimate of drug-likeness (QED) is 0.507. The van der Waals surface area contributed by atoms with Gasteiger partial charge in [-0.1, -0.05) is 6.42 Å². The van der Waals surface area contributed by atoms with Crippen LogP contribution in [-0.4, -0.2) is 57.3 Å². The van der Waals surface area contributed by atoms with Crippen molar-refractivity contribution in [1.29, 1.82) is 0 Å². The van der Waals surface area contributed by atoms with Crippen LogP contribution in [-0.2, 0) is 6.54 Å². The van der Waals surface area contributed by atoms with E-state index in [9.17, 15) is 8.78 Å². The fourth-order valence-corrected chi connectivity index (χ4v) is 3.04. The number of hydrogen-bond donors (Lipinski definition) is 2. The smallest absolute Gasteiger partial charge is 0.387 e. The van der Waals surface area contributed by atoms with Crippen LogP contribution in [0.2, 0.25) is 0 Å². The largest absolute Gasteiger partial charge is 0.497 e. The molecule has 27 heavy (non-hydrogen) atoms. The molecule has 1 aliphatic heterocycles. The first-order chi connectivity index (χ1) is 13.1. The van der Waals surface area contributed by atoms with Gasteiger partial charge in [0.1, 0.15) is 11.5 Å². The Kier molecular flexibility index (Phi) is 9.10. The summed E-state index contributed by atoms with van der Waals surface area (Å²) in [6.07, 6.45) is 3.84. The molecule has 0 atom stereocenters. The molecule has 1 heterocycles. The number of piperidine rings is 1. The molecule has 0 spiro atoms. The standard InChI is InChI=1S/C19H30F2N4O2/c1-3-22-19(23-9-12-25-10-5-4-6-11-25)24-14-15-13-16(26-2)7-8-17(15)27-18(20)21/h7-8,13,18H,3-6,9-12,14H2,1-2H3,(H2,22,23,24). The van der Waals surface area contributed by atoms with Gasteiger partial charge in [0.25, 0.3) is 0 Å². The van der Waals surface area contributed by atoms with Crippen LogP contribution in [0, 0.1) is 0 Å². The van der Waals surface area contributed by atoms with E-state index in [1.807, 2.05) is 6.92 Å². The fraction of sp³-hybridized carbons (Fsp3) is 0.632. The van der Waals surface area contributed by atoms with Crippen LogP contribution in [0.5, 0.6) is 11.5 Å². The summed E-state index contributed by atoms with van der Waals surface area (Å²) < 4.78 is 35.0. The Balaban J connectivity index is 1.97. The maximum atomic E-state index is 12.6. The Hall–Kier alpha value is -2.09. The molecule has 0 radical (unpaired) electrons. The molecule has 6 nitrogen and oxygen atoms in total. The summed E-state index contributed by atoms with van der Waals surface area (Å²) >= 11 is 0. The number of nitrogens with one attached hydrogen (secondary N) is 2. The lowest BCUT2D eigenvalue weighted by Crippen LogP contribution is -2.42. The van der Waals surface area contributed by atoms with Gasteiger partial charge in [-0.05, 0) is 51.1 Å². The second-order valence-corrected chi connectivity index (χ2v) is 6.38. The minimum absolute atomic E-state index is 0.110. The van der Waals surface area contributed by atoms with Gasteiger partial charge in [0.15, 0.2) is 5.96 Å². The molecule has 1 fully saturated rings. The predicted molar refractivity (Wildman–Crippen MR) is 103 cm³/mol. The molecule has 0 saturated carbocycles. The second kappa shape index (κ2) is 11.6. The molecule has 0 amide bonds. The number of nitrogens with zero attached hydrogens (tertiary/aromatic N) is 2. The maximum absolute atomic E-state index is 12.6. The Morgan fingerprint density at radius 1 is 1.22 bits per heavy atom. The highest BCUT2D eigenvalue weighted by Crippen LogP contribution is 2.26. The van der Waals surface area contributed by atoms with Gasteiger partial charge in [-0.15, -0.1) is 0 Å². The van der Waals surface area contributed by atoms with Gasteiger partial charge in [-0.3, -0.25) is 0 Å². The molecule has 1 saturated heterocycles. The molecule has 2 rings (SSSR count). The van der Waals surface area contributed by atoms with Crippen LogP contribution in [0.3, 0.4) is 0 Å². The van der Waals surface area contributed by atoms with E-state index in [1.165, 1.54) is 32.4 Å². The van der Waals surface area contributed by atoms with Crippen molar-refractivity contribution in [3.05, 3.63) is 23.8 Å². The van der Waals surface area contributed by atoms with Gasteiger partial charge < -0.3 is 25.0 Å². The van der Waals surface area contributed by atoms with E-state index in [2.05, 4.69) is 25.3 Å². The highest BCUT2D eigenvalue weighted by atomic mass is 19.3. The number of guanidine groups is 1. The summed E-state index contributed by atoms with van der Waals surface area (Å²) in [7, 11) is 1.53. The lowest BCUT2D eigenvalue weighted by molar-refractivity contribution is -0.0504. The molecule has 0 aliphatic carbocycles. The Labute approximate surface area is 159 Å². The van der Waals surface area contributed by atoms with Gasteiger partial charge in [-0.25, -0.2) is 4.99 Å². The van der Waals surface area contributed by atoms with Crippen molar-refractivity contribution in [2.24, 2.45) is 4.99 Å². The van der Waals surface area contributed by atoms with E-state index in [0.717, 1.165) is 26.2 Å². The van der Waals surface area contributed by atoms with Gasteiger partial charge in [-0.2, -0.15) is 8.78 Å². The van der Waals surface area contributed by atoms with Gasteiger partial charge >= 0.3 is 6.61 Å². The van der Waals surface area contributed by atoms with Crippen molar-refractivity contribution in [2.75, 3.05) is 39.8 Å². The Morgan fingerprint density at radius 2 is 2.00 bits per heavy atom. The summed E-state index contributed by atoms with van der Waals surface area (Å²) in [5, 5.41) is 6.48. The molecule has 152 valence electrons. The van der Waals surface area contributed by atoms with E-state index in [4.69, 9.17) is 4.74 Å². The molecular formula is C19H30F2N4O2. The van der Waals surface area contributed by atoms with Crippen molar-refractivity contribution in [1.82, 2.24) is 15.5 Å². The minimum Gasteiger partial charge on any atom is -0.497 e. The highest BCUT2D eigenvalue weighted by molar-refractivity contribution is 5.79. The third kappa shape index (κ3) is 7.58. The van der Waals surface area contributed by atoms with Crippen molar-refractivity contribution in [2.45, 2.75) is 39.3 Å². The van der Waals surface area contributed by atoms with E-state index in [0.29, 0.717) is 23.8 Å². The molecule has 2 N–H and O–H groups in total. The van der Waals surface area contributed by atoms with Crippen LogP contribution in [0.15, 0.2) is 23.2 Å². The SMILES string of the molecule is CCNC(=NCc1cc(OC)ccc1OC(F)F)NCCN1CCCCC1. The van der Waals surface area contributed by atoms with E-state index < -0.39 is 6.61 Å². The van der Waals surface area contributed by atoms with Crippen molar-refractivity contribution >= 4 is 5.96 Å². The summed E-state index contributed by atoms with van der Waals surface area (Å²) in [6.45, 7) is 4.07.